The molecule has 2 aromatic rings. The molecular formula is C50H66FN10O12Pb. The van der Waals surface area contributed by atoms with Crippen molar-refractivity contribution in [3.05, 3.63) is 81.9 Å². The molecule has 5 rings (SSSR count). The molecule has 0 saturated carbocycles. The maximum atomic E-state index is 15.2. The van der Waals surface area contributed by atoms with Crippen molar-refractivity contribution < 1.29 is 61.8 Å². The molecule has 0 saturated heterocycles. The van der Waals surface area contributed by atoms with Crippen LogP contribution in [0.3, 0.4) is 0 Å². The van der Waals surface area contributed by atoms with Crippen LogP contribution < -0.4 is 32.3 Å². The number of hydrogen-bond acceptors (Lipinski definition) is 16. The van der Waals surface area contributed by atoms with E-state index < -0.39 is 29.8 Å². The van der Waals surface area contributed by atoms with Crippen LogP contribution in [-0.2, 0) is 70.4 Å². The number of halogens is 1. The standard InChI is InChI=1S/C34H44FN5O5.C15H19N4O6.CH3NO.Pb/c1-8-21(9-2)24(22(16-41)17-44-7)12-29-34-25(15-39(29)5)33-28(40(6)31(43)18-45-19-37-30(42)14-36-4)11-10-23-20(3)26(35)13-27(38-34)32(23)33;1-10(9-21)18-12(22)4-5-17-15(25)11(8-16-6-7-20)19-13(23)2-3-14(19)24;2-1-3;/h8,12-13,16,21,28,36H,1,9-11,14-15,17-19H2,2-7H3,(H,37,42);2-3,7,9-11,16H,1,4-6,8H2,(H,17,25)(H,18,22);1H,(H2,2,3);/b24-22-,29-12-;;;. The molecule has 4 unspecified atom stereocenters. The fraction of sp³-hybridized carbons (Fsp3) is 0.460. The first-order valence-electron chi connectivity index (χ1n) is 23.6. The van der Waals surface area contributed by atoms with Crippen molar-refractivity contribution >= 4 is 103 Å². The molecule has 4 atom stereocenters. The van der Waals surface area contributed by atoms with Gasteiger partial charge in [0.05, 0.1) is 36.1 Å². The zero-order chi connectivity index (χ0) is 55.1. The number of fused-ring (bicyclic) bond motifs is 2. The van der Waals surface area contributed by atoms with Crippen molar-refractivity contribution in [2.45, 2.75) is 68.2 Å². The Balaban J connectivity index is 0.000000423. The summed E-state index contributed by atoms with van der Waals surface area (Å²) >= 11 is 0.765. The van der Waals surface area contributed by atoms with E-state index in [2.05, 4.69) is 43.8 Å². The first-order valence-corrected chi connectivity index (χ1v) is 26.4. The van der Waals surface area contributed by atoms with Crippen LogP contribution in [-0.4, -0.2) is 193 Å². The summed E-state index contributed by atoms with van der Waals surface area (Å²) in [6.07, 6.45) is 10.1. The maximum absolute atomic E-state index is 15.2. The Morgan fingerprint density at radius 3 is 2.35 bits per heavy atom. The Morgan fingerprint density at radius 1 is 1.08 bits per heavy atom. The number of benzene rings is 1. The van der Waals surface area contributed by atoms with Gasteiger partial charge in [0.2, 0.25) is 18.2 Å². The van der Waals surface area contributed by atoms with E-state index in [1.165, 1.54) is 6.07 Å². The van der Waals surface area contributed by atoms with Gasteiger partial charge in [-0.1, -0.05) is 13.0 Å². The normalized spacial score (nSPS) is 16.3. The van der Waals surface area contributed by atoms with Gasteiger partial charge in [0.15, 0.2) is 0 Å². The van der Waals surface area contributed by atoms with Crippen molar-refractivity contribution in [2.24, 2.45) is 11.7 Å². The minimum atomic E-state index is -1.14. The average Bonchev–Trinajstić information content (AvgIpc) is 3.89. The number of hydrogen-bond donors (Lipinski definition) is 6. The number of nitrogens with one attached hydrogen (secondary N) is 5. The number of methoxy groups -OCH3 is 1. The number of likely N-dealkylation sites (N-methyl/N-ethyl adjacent to an activating group) is 2. The fourth-order valence-electron chi connectivity index (χ4n) is 8.52. The number of primary amides is 1. The zero-order valence-electron chi connectivity index (χ0n) is 42.5. The molecule has 22 nitrogen and oxygen atoms in total. The number of amides is 7. The molecule has 7 amide bonds. The number of aromatic nitrogens is 1. The molecule has 74 heavy (non-hydrogen) atoms. The Kier molecular flexibility index (Phi) is 26.2. The third-order valence-corrected chi connectivity index (χ3v) is 13.9. The van der Waals surface area contributed by atoms with Crippen molar-refractivity contribution in [2.75, 3.05) is 74.4 Å². The average molecular weight is 1230 g/mol. The minimum absolute atomic E-state index is 0.0226. The first-order chi connectivity index (χ1) is 35.5. The number of pyridine rings is 1. The summed E-state index contributed by atoms with van der Waals surface area (Å²) in [5, 5.41) is 13.9. The van der Waals surface area contributed by atoms with E-state index in [-0.39, 0.29) is 94.5 Å². The summed E-state index contributed by atoms with van der Waals surface area (Å²) in [6.45, 7) is 8.22. The summed E-state index contributed by atoms with van der Waals surface area (Å²) in [7, 11) is 6.94. The molecule has 3 radical (unpaired) electrons. The summed E-state index contributed by atoms with van der Waals surface area (Å²) in [5.41, 5.74) is 11.0. The second kappa shape index (κ2) is 31.3. The zero-order valence-corrected chi connectivity index (χ0v) is 46.4. The van der Waals surface area contributed by atoms with E-state index in [0.29, 0.717) is 58.3 Å². The van der Waals surface area contributed by atoms with Crippen LogP contribution in [0.25, 0.3) is 16.6 Å². The molecule has 24 heteroatoms. The SMILES string of the molecule is C=CC(CC)C(/C=C1/c2nc3cc(F)c(C)c4c3c(c2CN1C)C(N(C)C(=O)COCNC(=O)CNC)CC4)=C(/C=O)COC.NC=O.O=CCNCC(C(=O)NCCC(=O)NC(C=O)[CH2][Pb])N1C(=O)C=CC1=O. The van der Waals surface area contributed by atoms with Crippen LogP contribution in [0.5, 0.6) is 0 Å². The van der Waals surface area contributed by atoms with Gasteiger partial charge in [-0.15, -0.1) is 6.58 Å². The van der Waals surface area contributed by atoms with E-state index in [4.69, 9.17) is 19.3 Å². The van der Waals surface area contributed by atoms with Gasteiger partial charge in [0.1, 0.15) is 31.7 Å². The topological polar surface area (TPSA) is 298 Å². The molecule has 0 spiro atoms. The number of allylic oxidation sites excluding steroid dienone is 3. The molecule has 7 N–H and O–H groups in total. The van der Waals surface area contributed by atoms with Crippen LogP contribution in [0.15, 0.2) is 48.1 Å². The number of aldehydes is 3. The molecule has 0 fully saturated rings. The summed E-state index contributed by atoms with van der Waals surface area (Å²) in [5.74, 6) is -3.13. The molecule has 2 aliphatic heterocycles. The number of carbonyl (C=O) groups is 10. The number of rotatable bonds is 26. The third-order valence-electron chi connectivity index (χ3n) is 12.2. The van der Waals surface area contributed by atoms with Gasteiger partial charge in [0.25, 0.3) is 0 Å². The second-order valence-corrected chi connectivity index (χ2v) is 18.6. The van der Waals surface area contributed by atoms with E-state index in [0.717, 1.165) is 88.9 Å². The molecular weight excluding hydrogens is 1160 g/mol. The van der Waals surface area contributed by atoms with Crippen molar-refractivity contribution in [1.29, 1.82) is 0 Å². The van der Waals surface area contributed by atoms with Crippen molar-refractivity contribution in [1.82, 2.24) is 46.3 Å². The van der Waals surface area contributed by atoms with Crippen LogP contribution in [0.4, 0.5) is 4.39 Å². The van der Waals surface area contributed by atoms with Gasteiger partial charge < -0.3 is 40.4 Å². The Bertz CT molecular complexity index is 2500. The van der Waals surface area contributed by atoms with Gasteiger partial charge >= 0.3 is 155 Å². The quantitative estimate of drug-likeness (QED) is 0.0132. The summed E-state index contributed by atoms with van der Waals surface area (Å²) in [6, 6.07) is -0.477. The predicted molar refractivity (Wildman–Crippen MR) is 272 cm³/mol. The first kappa shape index (κ1) is 61.9. The predicted octanol–water partition coefficient (Wildman–Crippen LogP) is -0.475. The number of ether oxygens (including phenoxy) is 2. The molecule has 0 bridgehead atoms. The third kappa shape index (κ3) is 16.3. The Labute approximate surface area is 445 Å². The van der Waals surface area contributed by atoms with E-state index in [1.54, 1.807) is 33.0 Å². The Hall–Kier alpha value is -6.42. The van der Waals surface area contributed by atoms with Gasteiger partial charge in [-0.2, -0.15) is 0 Å². The molecule has 1 aromatic heterocycles. The van der Waals surface area contributed by atoms with Crippen molar-refractivity contribution in [3.63, 3.8) is 0 Å². The number of nitrogens with zero attached hydrogens (tertiary/aromatic N) is 4. The number of carbonyl (C=O) groups excluding carboxylic acids is 10. The monoisotopic (exact) mass is 1230 g/mol. The van der Waals surface area contributed by atoms with Crippen LogP contribution in [0.1, 0.15) is 60.2 Å². The molecule has 399 valence electrons. The second-order valence-electron chi connectivity index (χ2n) is 17.0. The molecule has 3 aliphatic rings. The van der Waals surface area contributed by atoms with E-state index >= 15 is 4.39 Å². The van der Waals surface area contributed by atoms with Gasteiger partial charge in [-0.05, 0) is 61.6 Å². The molecule has 1 aliphatic carbocycles. The number of nitrogens with two attached hydrogens (primary N) is 1. The van der Waals surface area contributed by atoms with Gasteiger partial charge in [-0.25, -0.2) is 9.37 Å². The van der Waals surface area contributed by atoms with Crippen LogP contribution >= 0.6 is 0 Å². The Morgan fingerprint density at radius 2 is 1.77 bits per heavy atom. The van der Waals surface area contributed by atoms with E-state index in [1.807, 2.05) is 26.1 Å². The molecule has 1 aromatic carbocycles. The fourth-order valence-corrected chi connectivity index (χ4v) is 9.30. The van der Waals surface area contributed by atoms with Gasteiger partial charge in [0, 0.05) is 56.3 Å². The summed E-state index contributed by atoms with van der Waals surface area (Å²) < 4.78 is 26.7. The summed E-state index contributed by atoms with van der Waals surface area (Å²) in [4.78, 5) is 124. The molecule has 3 heterocycles. The number of aryl methyl sites for hydroxylation is 1. The number of imide groups is 1. The van der Waals surface area contributed by atoms with Crippen molar-refractivity contribution in [3.8, 4) is 0 Å². The van der Waals surface area contributed by atoms with Crippen LogP contribution in [0.2, 0.25) is 3.98 Å². The van der Waals surface area contributed by atoms with E-state index in [9.17, 15) is 43.2 Å². The van der Waals surface area contributed by atoms with Crippen LogP contribution in [0, 0.1) is 18.7 Å². The van der Waals surface area contributed by atoms with Gasteiger partial charge in [-0.3, -0.25) is 19.2 Å².